The third-order valence-corrected chi connectivity index (χ3v) is 5.23. The molecule has 1 aliphatic rings. The number of hydrogen-bond acceptors (Lipinski definition) is 3. The summed E-state index contributed by atoms with van der Waals surface area (Å²) in [4.78, 5) is 19.6. The van der Waals surface area contributed by atoms with Gasteiger partial charge in [-0.15, -0.1) is 0 Å². The molecule has 1 amide bonds. The standard InChI is InChI=1S/C19H23N5O/c1-13-11-16(21-23(13)3)19(25)24-10-6-7-14(12-24)18-20-15-8-4-5-9-17(15)22(18)2/h4-5,8-9,11,14H,6-7,10,12H2,1-3H3. The van der Waals surface area contributed by atoms with E-state index in [2.05, 4.69) is 22.8 Å². The number of para-hydroxylation sites is 2. The molecule has 130 valence electrons. The number of hydrogen-bond donors (Lipinski definition) is 0. The van der Waals surface area contributed by atoms with Crippen molar-refractivity contribution in [3.8, 4) is 0 Å². The topological polar surface area (TPSA) is 56.0 Å². The number of benzene rings is 1. The van der Waals surface area contributed by atoms with Crippen LogP contribution in [0.25, 0.3) is 11.0 Å². The minimum atomic E-state index is 0.0205. The van der Waals surface area contributed by atoms with Crippen LogP contribution in [0.4, 0.5) is 0 Å². The number of carbonyl (C=O) groups is 1. The zero-order chi connectivity index (χ0) is 17.6. The molecule has 3 heterocycles. The van der Waals surface area contributed by atoms with Crippen molar-refractivity contribution in [2.24, 2.45) is 14.1 Å². The highest BCUT2D eigenvalue weighted by atomic mass is 16.2. The van der Waals surface area contributed by atoms with Gasteiger partial charge in [0.15, 0.2) is 5.69 Å². The number of rotatable bonds is 2. The van der Waals surface area contributed by atoms with E-state index in [-0.39, 0.29) is 11.8 Å². The van der Waals surface area contributed by atoms with Gasteiger partial charge in [-0.25, -0.2) is 4.98 Å². The minimum Gasteiger partial charge on any atom is -0.337 e. The summed E-state index contributed by atoms with van der Waals surface area (Å²) >= 11 is 0. The van der Waals surface area contributed by atoms with Gasteiger partial charge in [0, 0.05) is 38.8 Å². The van der Waals surface area contributed by atoms with Gasteiger partial charge in [0.05, 0.1) is 11.0 Å². The number of fused-ring (bicyclic) bond motifs is 1. The Kier molecular flexibility index (Phi) is 3.82. The van der Waals surface area contributed by atoms with Crippen molar-refractivity contribution in [3.05, 3.63) is 47.5 Å². The van der Waals surface area contributed by atoms with E-state index in [1.807, 2.05) is 43.1 Å². The Bertz CT molecular complexity index is 919. The second kappa shape index (κ2) is 6.02. The quantitative estimate of drug-likeness (QED) is 0.722. The van der Waals surface area contributed by atoms with Crippen molar-refractivity contribution in [3.63, 3.8) is 0 Å². The summed E-state index contributed by atoms with van der Waals surface area (Å²) in [7, 11) is 3.93. The third kappa shape index (κ3) is 2.71. The van der Waals surface area contributed by atoms with Crippen LogP contribution >= 0.6 is 0 Å². The molecular weight excluding hydrogens is 314 g/mol. The van der Waals surface area contributed by atoms with E-state index >= 15 is 0 Å². The Morgan fingerprint density at radius 2 is 2.04 bits per heavy atom. The van der Waals surface area contributed by atoms with Crippen LogP contribution in [0.5, 0.6) is 0 Å². The van der Waals surface area contributed by atoms with Crippen LogP contribution < -0.4 is 0 Å². The van der Waals surface area contributed by atoms with Crippen LogP contribution in [0.3, 0.4) is 0 Å². The van der Waals surface area contributed by atoms with E-state index in [9.17, 15) is 4.79 Å². The second-order valence-corrected chi connectivity index (χ2v) is 6.90. The first-order chi connectivity index (χ1) is 12.0. The highest BCUT2D eigenvalue weighted by molar-refractivity contribution is 5.92. The summed E-state index contributed by atoms with van der Waals surface area (Å²) in [6.45, 7) is 3.45. The first-order valence-electron chi connectivity index (χ1n) is 8.76. The predicted octanol–water partition coefficient (Wildman–Crippen LogP) is 2.64. The smallest absolute Gasteiger partial charge is 0.274 e. The van der Waals surface area contributed by atoms with Gasteiger partial charge in [0.1, 0.15) is 5.82 Å². The van der Waals surface area contributed by atoms with Crippen LogP contribution in [-0.4, -0.2) is 43.2 Å². The highest BCUT2D eigenvalue weighted by Crippen LogP contribution is 2.29. The summed E-state index contributed by atoms with van der Waals surface area (Å²) in [5.41, 5.74) is 3.68. The molecule has 0 spiro atoms. The van der Waals surface area contributed by atoms with Gasteiger partial charge in [0.25, 0.3) is 5.91 Å². The molecule has 1 aromatic carbocycles. The maximum Gasteiger partial charge on any atom is 0.274 e. The average molecular weight is 337 g/mol. The van der Waals surface area contributed by atoms with Crippen molar-refractivity contribution in [1.82, 2.24) is 24.2 Å². The van der Waals surface area contributed by atoms with Gasteiger partial charge in [0.2, 0.25) is 0 Å². The second-order valence-electron chi connectivity index (χ2n) is 6.90. The number of aryl methyl sites for hydroxylation is 3. The van der Waals surface area contributed by atoms with Crippen LogP contribution in [0.2, 0.25) is 0 Å². The summed E-state index contributed by atoms with van der Waals surface area (Å²) in [5.74, 6) is 1.35. The summed E-state index contributed by atoms with van der Waals surface area (Å²) in [6, 6.07) is 10.0. The Morgan fingerprint density at radius 3 is 2.76 bits per heavy atom. The Morgan fingerprint density at radius 1 is 1.24 bits per heavy atom. The number of amides is 1. The Labute approximate surface area is 147 Å². The van der Waals surface area contributed by atoms with Crippen molar-refractivity contribution in [2.75, 3.05) is 13.1 Å². The molecule has 0 N–H and O–H groups in total. The van der Waals surface area contributed by atoms with Crippen molar-refractivity contribution >= 4 is 16.9 Å². The maximum absolute atomic E-state index is 12.8. The molecule has 0 saturated carbocycles. The van der Waals surface area contributed by atoms with E-state index in [1.165, 1.54) is 0 Å². The van der Waals surface area contributed by atoms with Crippen LogP contribution in [0, 0.1) is 6.92 Å². The predicted molar refractivity (Wildman–Crippen MR) is 96.5 cm³/mol. The zero-order valence-electron chi connectivity index (χ0n) is 14.9. The average Bonchev–Trinajstić information content (AvgIpc) is 3.15. The minimum absolute atomic E-state index is 0.0205. The van der Waals surface area contributed by atoms with E-state index in [0.717, 1.165) is 41.9 Å². The molecule has 0 aliphatic carbocycles. The fourth-order valence-electron chi connectivity index (χ4n) is 3.73. The summed E-state index contributed by atoms with van der Waals surface area (Å²) in [6.07, 6.45) is 2.05. The van der Waals surface area contributed by atoms with E-state index in [4.69, 9.17) is 4.98 Å². The van der Waals surface area contributed by atoms with Crippen LogP contribution in [0.15, 0.2) is 30.3 Å². The number of likely N-dealkylation sites (tertiary alicyclic amines) is 1. The van der Waals surface area contributed by atoms with Gasteiger partial charge < -0.3 is 9.47 Å². The molecule has 1 saturated heterocycles. The maximum atomic E-state index is 12.8. The van der Waals surface area contributed by atoms with E-state index < -0.39 is 0 Å². The molecule has 25 heavy (non-hydrogen) atoms. The molecule has 1 atom stereocenters. The van der Waals surface area contributed by atoms with Crippen LogP contribution in [-0.2, 0) is 14.1 Å². The molecule has 1 aliphatic heterocycles. The molecule has 4 rings (SSSR count). The molecule has 3 aromatic rings. The molecule has 0 radical (unpaired) electrons. The molecule has 6 heteroatoms. The number of piperidine rings is 1. The Balaban J connectivity index is 1.60. The fourth-order valence-corrected chi connectivity index (χ4v) is 3.73. The fraction of sp³-hybridized carbons (Fsp3) is 0.421. The highest BCUT2D eigenvalue weighted by Gasteiger charge is 2.29. The molecule has 2 aromatic heterocycles. The molecule has 0 bridgehead atoms. The molecule has 1 fully saturated rings. The molecular formula is C19H23N5O. The van der Waals surface area contributed by atoms with E-state index in [0.29, 0.717) is 12.2 Å². The lowest BCUT2D eigenvalue weighted by Gasteiger charge is -2.32. The summed E-state index contributed by atoms with van der Waals surface area (Å²) < 4.78 is 3.92. The van der Waals surface area contributed by atoms with Crippen molar-refractivity contribution < 1.29 is 4.79 Å². The summed E-state index contributed by atoms with van der Waals surface area (Å²) in [5, 5.41) is 4.34. The van der Waals surface area contributed by atoms with Crippen LogP contribution in [0.1, 0.15) is 40.8 Å². The zero-order valence-corrected chi connectivity index (χ0v) is 14.9. The Hall–Kier alpha value is -2.63. The largest absolute Gasteiger partial charge is 0.337 e. The lowest BCUT2D eigenvalue weighted by Crippen LogP contribution is -2.40. The molecule has 6 nitrogen and oxygen atoms in total. The SMILES string of the molecule is Cc1cc(C(=O)N2CCCC(c3nc4ccccc4n3C)C2)nn1C. The number of aromatic nitrogens is 4. The number of nitrogens with zero attached hydrogens (tertiary/aromatic N) is 5. The number of carbonyl (C=O) groups excluding carboxylic acids is 1. The molecule has 1 unspecified atom stereocenters. The first kappa shape index (κ1) is 15.9. The van der Waals surface area contributed by atoms with Crippen molar-refractivity contribution in [2.45, 2.75) is 25.7 Å². The first-order valence-corrected chi connectivity index (χ1v) is 8.76. The lowest BCUT2D eigenvalue weighted by atomic mass is 9.97. The monoisotopic (exact) mass is 337 g/mol. The van der Waals surface area contributed by atoms with Gasteiger partial charge >= 0.3 is 0 Å². The van der Waals surface area contributed by atoms with Gasteiger partial charge in [-0.2, -0.15) is 5.10 Å². The third-order valence-electron chi connectivity index (χ3n) is 5.23. The number of imidazole rings is 1. The lowest BCUT2D eigenvalue weighted by molar-refractivity contribution is 0.0697. The normalized spacial score (nSPS) is 18.0. The van der Waals surface area contributed by atoms with Gasteiger partial charge in [-0.1, -0.05) is 12.1 Å². The van der Waals surface area contributed by atoms with Gasteiger partial charge in [-0.3, -0.25) is 9.48 Å². The van der Waals surface area contributed by atoms with Gasteiger partial charge in [-0.05, 0) is 38.0 Å². The van der Waals surface area contributed by atoms with E-state index in [1.54, 1.807) is 4.68 Å². The van der Waals surface area contributed by atoms with Crippen molar-refractivity contribution in [1.29, 1.82) is 0 Å².